The van der Waals surface area contributed by atoms with E-state index in [2.05, 4.69) is 10.6 Å². The third-order valence-corrected chi connectivity index (χ3v) is 7.14. The predicted octanol–water partition coefficient (Wildman–Crippen LogP) is 4.49. The fourth-order valence-corrected chi connectivity index (χ4v) is 4.77. The van der Waals surface area contributed by atoms with Crippen LogP contribution >= 0.6 is 0 Å². The van der Waals surface area contributed by atoms with Gasteiger partial charge in [-0.1, -0.05) is 39.2 Å². The van der Waals surface area contributed by atoms with Crippen LogP contribution in [0.2, 0.25) is 0 Å². The van der Waals surface area contributed by atoms with Crippen molar-refractivity contribution in [2.45, 2.75) is 71.1 Å². The highest BCUT2D eigenvalue weighted by Crippen LogP contribution is 2.31. The third-order valence-electron chi connectivity index (χ3n) is 7.14. The number of nitrogens with one attached hydrogen (secondary N) is 2. The summed E-state index contributed by atoms with van der Waals surface area (Å²) in [7, 11) is 0. The lowest BCUT2D eigenvalue weighted by molar-refractivity contribution is -0.140. The van der Waals surface area contributed by atoms with Gasteiger partial charge in [0, 0.05) is 37.3 Å². The molecule has 2 fully saturated rings. The standard InChI is InChI=1S/C25H35F3N4O3/c1-4-16(2)21(30-22(33)18-8-5-6-9-18)23(34)31-12-13-32(17(3)15-31)24(35)29-20-11-7-10-19(14-20)25(26,27)28/h7,10-11,14,16-18,21H,4-6,8-9,12-13,15H2,1-3H3,(H,29,35)(H,30,33). The Morgan fingerprint density at radius 3 is 2.43 bits per heavy atom. The lowest BCUT2D eigenvalue weighted by Gasteiger charge is -2.41. The highest BCUT2D eigenvalue weighted by atomic mass is 19.4. The third kappa shape index (κ3) is 6.67. The SMILES string of the molecule is CCC(C)C(NC(=O)C1CCCC1)C(=O)N1CCN(C(=O)Nc2cccc(C(F)(F)F)c2)C(C)C1. The van der Waals surface area contributed by atoms with Gasteiger partial charge in [0.1, 0.15) is 6.04 Å². The zero-order valence-corrected chi connectivity index (χ0v) is 20.5. The molecule has 1 heterocycles. The molecular formula is C25H35F3N4O3. The maximum atomic E-state index is 13.4. The van der Waals surface area contributed by atoms with E-state index in [1.165, 1.54) is 17.0 Å². The lowest BCUT2D eigenvalue weighted by Crippen LogP contribution is -2.60. The van der Waals surface area contributed by atoms with Crippen LogP contribution in [-0.2, 0) is 15.8 Å². The summed E-state index contributed by atoms with van der Waals surface area (Å²) in [5.41, 5.74) is -0.781. The second-order valence-electron chi connectivity index (χ2n) is 9.69. The number of amides is 4. The molecule has 10 heteroatoms. The quantitative estimate of drug-likeness (QED) is 0.609. The van der Waals surface area contributed by atoms with E-state index in [0.717, 1.165) is 44.2 Å². The van der Waals surface area contributed by atoms with Crippen LogP contribution in [0.3, 0.4) is 0 Å². The average Bonchev–Trinajstić information content (AvgIpc) is 3.36. The Hall–Kier alpha value is -2.78. The van der Waals surface area contributed by atoms with Crippen molar-refractivity contribution in [1.82, 2.24) is 15.1 Å². The van der Waals surface area contributed by atoms with Crippen LogP contribution in [0.1, 0.15) is 58.4 Å². The van der Waals surface area contributed by atoms with E-state index in [4.69, 9.17) is 0 Å². The number of hydrogen-bond donors (Lipinski definition) is 2. The molecule has 3 unspecified atom stereocenters. The first-order chi connectivity index (χ1) is 16.5. The molecule has 1 aromatic carbocycles. The Kier molecular flexibility index (Phi) is 8.66. The van der Waals surface area contributed by atoms with Crippen LogP contribution < -0.4 is 10.6 Å². The second kappa shape index (κ2) is 11.3. The molecule has 0 spiro atoms. The highest BCUT2D eigenvalue weighted by Gasteiger charge is 2.37. The Labute approximate surface area is 204 Å². The minimum Gasteiger partial charge on any atom is -0.344 e. The molecule has 2 N–H and O–H groups in total. The van der Waals surface area contributed by atoms with Gasteiger partial charge in [-0.25, -0.2) is 4.79 Å². The van der Waals surface area contributed by atoms with E-state index >= 15 is 0 Å². The van der Waals surface area contributed by atoms with Crippen molar-refractivity contribution in [2.75, 3.05) is 25.0 Å². The van der Waals surface area contributed by atoms with Crippen LogP contribution in [-0.4, -0.2) is 59.4 Å². The summed E-state index contributed by atoms with van der Waals surface area (Å²) in [4.78, 5) is 42.0. The minimum atomic E-state index is -4.50. The zero-order chi connectivity index (χ0) is 25.8. The number of hydrogen-bond acceptors (Lipinski definition) is 3. The summed E-state index contributed by atoms with van der Waals surface area (Å²) >= 11 is 0. The summed E-state index contributed by atoms with van der Waals surface area (Å²) in [6.45, 7) is 6.51. The van der Waals surface area contributed by atoms with Crippen LogP contribution in [0.4, 0.5) is 23.7 Å². The van der Waals surface area contributed by atoms with Crippen molar-refractivity contribution < 1.29 is 27.6 Å². The minimum absolute atomic E-state index is 0.0367. The van der Waals surface area contributed by atoms with Gasteiger partial charge in [0.05, 0.1) is 5.56 Å². The van der Waals surface area contributed by atoms with Crippen molar-refractivity contribution in [2.24, 2.45) is 11.8 Å². The first kappa shape index (κ1) is 26.8. The molecule has 3 rings (SSSR count). The van der Waals surface area contributed by atoms with Crippen molar-refractivity contribution in [1.29, 1.82) is 0 Å². The molecular weight excluding hydrogens is 461 g/mol. The summed E-state index contributed by atoms with van der Waals surface area (Å²) in [6.07, 6.45) is -0.00628. The molecule has 2 aliphatic rings. The molecule has 194 valence electrons. The maximum Gasteiger partial charge on any atom is 0.416 e. The first-order valence-electron chi connectivity index (χ1n) is 12.3. The lowest BCUT2D eigenvalue weighted by atomic mass is 9.96. The topological polar surface area (TPSA) is 81.8 Å². The number of anilines is 1. The van der Waals surface area contributed by atoms with Crippen molar-refractivity contribution in [3.8, 4) is 0 Å². The predicted molar refractivity (Wildman–Crippen MR) is 127 cm³/mol. The number of nitrogens with zero attached hydrogens (tertiary/aromatic N) is 2. The van der Waals surface area contributed by atoms with Gasteiger partial charge in [-0.05, 0) is 43.9 Å². The summed E-state index contributed by atoms with van der Waals surface area (Å²) in [5.74, 6) is -0.293. The summed E-state index contributed by atoms with van der Waals surface area (Å²) in [6, 6.07) is 3.01. The summed E-state index contributed by atoms with van der Waals surface area (Å²) < 4.78 is 38.9. The van der Waals surface area contributed by atoms with E-state index < -0.39 is 23.8 Å². The van der Waals surface area contributed by atoms with Crippen LogP contribution in [0, 0.1) is 11.8 Å². The fraction of sp³-hybridized carbons (Fsp3) is 0.640. The molecule has 4 amide bonds. The highest BCUT2D eigenvalue weighted by molar-refractivity contribution is 5.91. The van der Waals surface area contributed by atoms with E-state index in [0.29, 0.717) is 0 Å². The van der Waals surface area contributed by atoms with Crippen molar-refractivity contribution >= 4 is 23.5 Å². The Morgan fingerprint density at radius 1 is 1.14 bits per heavy atom. The number of carbonyl (C=O) groups excluding carboxylic acids is 3. The van der Waals surface area contributed by atoms with Crippen LogP contribution in [0.25, 0.3) is 0 Å². The monoisotopic (exact) mass is 496 g/mol. The fourth-order valence-electron chi connectivity index (χ4n) is 4.77. The van der Waals surface area contributed by atoms with Gasteiger partial charge in [-0.2, -0.15) is 13.2 Å². The number of halogens is 3. The number of carbonyl (C=O) groups is 3. The molecule has 1 aromatic rings. The number of piperazine rings is 1. The molecule has 1 saturated carbocycles. The van der Waals surface area contributed by atoms with Crippen molar-refractivity contribution in [3.63, 3.8) is 0 Å². The molecule has 0 bridgehead atoms. The normalized spacial score (nSPS) is 20.9. The molecule has 0 radical (unpaired) electrons. The molecule has 35 heavy (non-hydrogen) atoms. The average molecular weight is 497 g/mol. The van der Waals surface area contributed by atoms with Gasteiger partial charge in [0.2, 0.25) is 11.8 Å². The van der Waals surface area contributed by atoms with Gasteiger partial charge in [0.15, 0.2) is 0 Å². The molecule has 1 aliphatic heterocycles. The van der Waals surface area contributed by atoms with E-state index in [1.54, 1.807) is 11.8 Å². The largest absolute Gasteiger partial charge is 0.416 e. The Bertz CT molecular complexity index is 917. The summed E-state index contributed by atoms with van der Waals surface area (Å²) in [5, 5.41) is 5.52. The smallest absolute Gasteiger partial charge is 0.344 e. The van der Waals surface area contributed by atoms with E-state index in [9.17, 15) is 27.6 Å². The number of urea groups is 1. The first-order valence-corrected chi connectivity index (χ1v) is 12.3. The van der Waals surface area contributed by atoms with Gasteiger partial charge in [0.25, 0.3) is 0 Å². The number of benzene rings is 1. The van der Waals surface area contributed by atoms with Crippen LogP contribution in [0.5, 0.6) is 0 Å². The molecule has 1 saturated heterocycles. The zero-order valence-electron chi connectivity index (χ0n) is 20.5. The van der Waals surface area contributed by atoms with E-state index in [1.807, 2.05) is 13.8 Å². The maximum absolute atomic E-state index is 13.4. The molecule has 3 atom stereocenters. The van der Waals surface area contributed by atoms with Gasteiger partial charge in [-0.15, -0.1) is 0 Å². The Morgan fingerprint density at radius 2 is 1.83 bits per heavy atom. The molecule has 1 aliphatic carbocycles. The number of rotatable bonds is 6. The van der Waals surface area contributed by atoms with Crippen LogP contribution in [0.15, 0.2) is 24.3 Å². The number of alkyl halides is 3. The van der Waals surface area contributed by atoms with Gasteiger partial charge < -0.3 is 20.4 Å². The second-order valence-corrected chi connectivity index (χ2v) is 9.69. The van der Waals surface area contributed by atoms with Gasteiger partial charge >= 0.3 is 12.2 Å². The molecule has 0 aromatic heterocycles. The van der Waals surface area contributed by atoms with Gasteiger partial charge in [-0.3, -0.25) is 9.59 Å². The molecule has 7 nitrogen and oxygen atoms in total. The Balaban J connectivity index is 1.61. The van der Waals surface area contributed by atoms with E-state index in [-0.39, 0.29) is 55.0 Å². The van der Waals surface area contributed by atoms with Crippen molar-refractivity contribution in [3.05, 3.63) is 29.8 Å².